The van der Waals surface area contributed by atoms with Crippen LogP contribution in [0, 0.1) is 11.7 Å². The van der Waals surface area contributed by atoms with Crippen LogP contribution in [0.4, 0.5) is 4.39 Å². The fourth-order valence-corrected chi connectivity index (χ4v) is 5.69. The Labute approximate surface area is 209 Å². The first-order valence-corrected chi connectivity index (χ1v) is 12.7. The van der Waals surface area contributed by atoms with Gasteiger partial charge in [0.15, 0.2) is 5.17 Å². The zero-order valence-electron chi connectivity index (χ0n) is 18.5. The van der Waals surface area contributed by atoms with Gasteiger partial charge in [-0.2, -0.15) is 0 Å². The summed E-state index contributed by atoms with van der Waals surface area (Å²) in [7, 11) is 0. The minimum atomic E-state index is -1.10. The number of nitrogens with one attached hydrogen (secondary N) is 2. The van der Waals surface area contributed by atoms with Gasteiger partial charge in [-0.25, -0.2) is 9.38 Å². The molecule has 0 spiro atoms. The minimum absolute atomic E-state index is 0.0259. The van der Waals surface area contributed by atoms with Crippen LogP contribution < -0.4 is 10.6 Å². The number of hydrogen-bond acceptors (Lipinski definition) is 6. The Morgan fingerprint density at radius 3 is 2.82 bits per heavy atom. The van der Waals surface area contributed by atoms with Crippen molar-refractivity contribution in [1.82, 2.24) is 10.6 Å². The van der Waals surface area contributed by atoms with E-state index in [2.05, 4.69) is 26.6 Å². The lowest BCUT2D eigenvalue weighted by molar-refractivity contribution is -0.142. The molecule has 180 valence electrons. The Balaban J connectivity index is 1.65. The lowest BCUT2D eigenvalue weighted by Gasteiger charge is -2.46. The minimum Gasteiger partial charge on any atom is -0.394 e. The summed E-state index contributed by atoms with van der Waals surface area (Å²) in [5.74, 6) is -0.752. The van der Waals surface area contributed by atoms with Crippen LogP contribution in [0.3, 0.4) is 0 Å². The van der Waals surface area contributed by atoms with E-state index in [1.165, 1.54) is 17.8 Å². The van der Waals surface area contributed by atoms with Gasteiger partial charge >= 0.3 is 0 Å². The second kappa shape index (κ2) is 10.6. The molecule has 1 saturated heterocycles. The summed E-state index contributed by atoms with van der Waals surface area (Å²) in [6, 6.07) is 13.0. The second-order valence-corrected chi connectivity index (χ2v) is 10.3. The standard InChI is InChI=1S/C24H25BrFN3O4S/c1-14(11-30)27-22(32)20-9-16-12-34-23(28-21(31)15-5-3-2-4-6-15)29-24(16,13-33-20)18-10-17(25)7-8-19(18)26/h2-8,10,14,16,20,30H,9,11-13H2,1H3,(H,27,32)(H,28,29,31)/t14?,16-,20+,24-/m0/s1. The lowest BCUT2D eigenvalue weighted by atomic mass is 9.75. The number of aliphatic hydroxyl groups is 1. The van der Waals surface area contributed by atoms with E-state index in [0.29, 0.717) is 32.9 Å². The van der Waals surface area contributed by atoms with Crippen LogP contribution in [0.25, 0.3) is 0 Å². The number of hydrogen-bond donors (Lipinski definition) is 3. The second-order valence-electron chi connectivity index (χ2n) is 8.42. The molecule has 10 heteroatoms. The number of nitrogens with zero attached hydrogens (tertiary/aromatic N) is 1. The van der Waals surface area contributed by atoms with Crippen molar-refractivity contribution in [3.8, 4) is 0 Å². The summed E-state index contributed by atoms with van der Waals surface area (Å²) in [6.45, 7) is 1.49. The van der Waals surface area contributed by atoms with Crippen LogP contribution in [-0.4, -0.2) is 53.2 Å². The first-order valence-electron chi connectivity index (χ1n) is 10.9. The van der Waals surface area contributed by atoms with Crippen molar-refractivity contribution in [2.45, 2.75) is 31.0 Å². The van der Waals surface area contributed by atoms with Gasteiger partial charge in [-0.05, 0) is 43.7 Å². The predicted octanol–water partition coefficient (Wildman–Crippen LogP) is 3.22. The van der Waals surface area contributed by atoms with E-state index >= 15 is 4.39 Å². The molecule has 2 amide bonds. The molecular weight excluding hydrogens is 525 g/mol. The third-order valence-electron chi connectivity index (χ3n) is 6.01. The van der Waals surface area contributed by atoms with Gasteiger partial charge in [-0.1, -0.05) is 45.9 Å². The molecule has 7 nitrogen and oxygen atoms in total. The van der Waals surface area contributed by atoms with Crippen molar-refractivity contribution < 1.29 is 23.8 Å². The van der Waals surface area contributed by atoms with Crippen molar-refractivity contribution in [2.24, 2.45) is 10.9 Å². The summed E-state index contributed by atoms with van der Waals surface area (Å²) in [5, 5.41) is 15.2. The Morgan fingerprint density at radius 2 is 2.09 bits per heavy atom. The molecule has 0 aliphatic carbocycles. The number of rotatable bonds is 5. The molecule has 1 fully saturated rings. The van der Waals surface area contributed by atoms with Crippen molar-refractivity contribution in [3.63, 3.8) is 0 Å². The van der Waals surface area contributed by atoms with Gasteiger partial charge in [-0.3, -0.25) is 9.59 Å². The molecule has 2 aliphatic rings. The number of amidine groups is 1. The zero-order valence-corrected chi connectivity index (χ0v) is 20.9. The quantitative estimate of drug-likeness (QED) is 0.531. The maximum atomic E-state index is 15.1. The molecule has 4 atom stereocenters. The van der Waals surface area contributed by atoms with E-state index in [1.807, 2.05) is 6.07 Å². The van der Waals surface area contributed by atoms with Gasteiger partial charge in [0.2, 0.25) is 5.91 Å². The maximum absolute atomic E-state index is 15.1. The first-order chi connectivity index (χ1) is 16.3. The highest BCUT2D eigenvalue weighted by Crippen LogP contribution is 2.47. The highest BCUT2D eigenvalue weighted by atomic mass is 79.9. The van der Waals surface area contributed by atoms with E-state index in [0.717, 1.165) is 0 Å². The molecule has 4 rings (SSSR count). The van der Waals surface area contributed by atoms with E-state index in [1.54, 1.807) is 43.3 Å². The highest BCUT2D eigenvalue weighted by Gasteiger charge is 2.51. The molecule has 2 aliphatic heterocycles. The molecule has 3 N–H and O–H groups in total. The molecule has 34 heavy (non-hydrogen) atoms. The van der Waals surface area contributed by atoms with Gasteiger partial charge in [0.05, 0.1) is 13.2 Å². The van der Waals surface area contributed by atoms with E-state index in [4.69, 9.17) is 9.73 Å². The number of thioether (sulfide) groups is 1. The van der Waals surface area contributed by atoms with Crippen LogP contribution in [0.2, 0.25) is 0 Å². The van der Waals surface area contributed by atoms with Crippen LogP contribution >= 0.6 is 27.7 Å². The van der Waals surface area contributed by atoms with Crippen LogP contribution in [-0.2, 0) is 15.1 Å². The average Bonchev–Trinajstić information content (AvgIpc) is 2.85. The van der Waals surface area contributed by atoms with E-state index in [-0.39, 0.29) is 30.9 Å². The van der Waals surface area contributed by atoms with Crippen molar-refractivity contribution >= 4 is 44.7 Å². The maximum Gasteiger partial charge on any atom is 0.257 e. The van der Waals surface area contributed by atoms with E-state index in [9.17, 15) is 14.7 Å². The number of aliphatic imine (C=N–C) groups is 1. The number of halogens is 2. The van der Waals surface area contributed by atoms with Crippen LogP contribution in [0.15, 0.2) is 58.0 Å². The number of benzene rings is 2. The zero-order chi connectivity index (χ0) is 24.3. The van der Waals surface area contributed by atoms with Crippen molar-refractivity contribution in [3.05, 3.63) is 69.9 Å². The number of aliphatic hydroxyl groups excluding tert-OH is 1. The summed E-state index contributed by atoms with van der Waals surface area (Å²) in [6.07, 6.45) is -0.412. The average molecular weight is 550 g/mol. The van der Waals surface area contributed by atoms with Crippen molar-refractivity contribution in [1.29, 1.82) is 0 Å². The van der Waals surface area contributed by atoms with Gasteiger partial charge in [0.1, 0.15) is 17.5 Å². The Hall–Kier alpha value is -2.27. The number of carbonyl (C=O) groups excluding carboxylic acids is 2. The number of ether oxygens (including phenoxy) is 1. The fourth-order valence-electron chi connectivity index (χ4n) is 4.16. The van der Waals surface area contributed by atoms with Gasteiger partial charge in [-0.15, -0.1) is 0 Å². The summed E-state index contributed by atoms with van der Waals surface area (Å²) in [5.41, 5.74) is -0.260. The lowest BCUT2D eigenvalue weighted by Crippen LogP contribution is -2.55. The van der Waals surface area contributed by atoms with E-state index < -0.39 is 23.5 Å². The molecule has 0 saturated carbocycles. The molecular formula is C24H25BrFN3O4S. The van der Waals surface area contributed by atoms with Gasteiger partial charge < -0.3 is 20.5 Å². The Morgan fingerprint density at radius 1 is 1.32 bits per heavy atom. The third kappa shape index (κ3) is 5.19. The molecule has 0 aromatic heterocycles. The summed E-state index contributed by atoms with van der Waals surface area (Å²) >= 11 is 4.78. The van der Waals surface area contributed by atoms with Crippen LogP contribution in [0.5, 0.6) is 0 Å². The predicted molar refractivity (Wildman–Crippen MR) is 132 cm³/mol. The SMILES string of the molecule is CC(CO)NC(=O)[C@H]1C[C@H]2CSC(NC(=O)c3ccccc3)=N[C@@]2(c2cc(Br)ccc2F)CO1. The molecule has 0 radical (unpaired) electrons. The topological polar surface area (TPSA) is 100 Å². The summed E-state index contributed by atoms with van der Waals surface area (Å²) in [4.78, 5) is 30.2. The van der Waals surface area contributed by atoms with Gasteiger partial charge in [0, 0.05) is 33.3 Å². The summed E-state index contributed by atoms with van der Waals surface area (Å²) < 4.78 is 21.7. The van der Waals surface area contributed by atoms with Gasteiger partial charge in [0.25, 0.3) is 5.91 Å². The number of carbonyl (C=O) groups is 2. The highest BCUT2D eigenvalue weighted by molar-refractivity contribution is 9.10. The fraction of sp³-hybridized carbons (Fsp3) is 0.375. The monoisotopic (exact) mass is 549 g/mol. The molecule has 2 aromatic carbocycles. The molecule has 2 heterocycles. The molecule has 1 unspecified atom stereocenters. The number of fused-ring (bicyclic) bond motifs is 1. The molecule has 2 aromatic rings. The largest absolute Gasteiger partial charge is 0.394 e. The smallest absolute Gasteiger partial charge is 0.257 e. The normalized spacial score (nSPS) is 25.0. The Kier molecular flexibility index (Phi) is 7.71. The molecule has 0 bridgehead atoms. The van der Waals surface area contributed by atoms with Crippen LogP contribution in [0.1, 0.15) is 29.3 Å². The third-order valence-corrected chi connectivity index (χ3v) is 7.54. The Bertz CT molecular complexity index is 1100. The van der Waals surface area contributed by atoms with Crippen molar-refractivity contribution in [2.75, 3.05) is 19.0 Å². The first kappa shape index (κ1) is 24.8. The number of amides is 2.